The lowest BCUT2D eigenvalue weighted by atomic mass is 10.1. The van der Waals surface area contributed by atoms with Crippen molar-refractivity contribution in [1.82, 2.24) is 29.3 Å². The van der Waals surface area contributed by atoms with E-state index in [4.69, 9.17) is 25.8 Å². The van der Waals surface area contributed by atoms with Gasteiger partial charge in [0.05, 0.1) is 13.3 Å². The van der Waals surface area contributed by atoms with Crippen LogP contribution < -0.4 is 15.7 Å². The molecule has 0 spiro atoms. The Hall–Kier alpha value is -2.54. The summed E-state index contributed by atoms with van der Waals surface area (Å²) in [5.41, 5.74) is 1.46. The highest BCUT2D eigenvalue weighted by atomic mass is 35.5. The Bertz CT molecular complexity index is 1200. The molecule has 1 aliphatic heterocycles. The molecule has 1 aliphatic rings. The van der Waals surface area contributed by atoms with Crippen molar-refractivity contribution in [3.8, 4) is 5.88 Å². The van der Waals surface area contributed by atoms with Crippen LogP contribution in [0.1, 0.15) is 18.9 Å². The van der Waals surface area contributed by atoms with Crippen LogP contribution in [-0.2, 0) is 16.2 Å². The van der Waals surface area contributed by atoms with Crippen LogP contribution >= 0.6 is 11.6 Å². The third kappa shape index (κ3) is 5.57. The lowest BCUT2D eigenvalue weighted by Crippen LogP contribution is -2.31. The molecule has 34 heavy (non-hydrogen) atoms. The molecule has 0 unspecified atom stereocenters. The van der Waals surface area contributed by atoms with Crippen molar-refractivity contribution in [2.45, 2.75) is 51.3 Å². The molecule has 3 aromatic heterocycles. The minimum absolute atomic E-state index is 0.0127. The van der Waals surface area contributed by atoms with Gasteiger partial charge in [-0.2, -0.15) is 4.98 Å². The molecule has 0 aromatic carbocycles. The minimum Gasteiger partial charge on any atom is -0.478 e. The molecule has 1 N–H and O–H groups in total. The Morgan fingerprint density at radius 2 is 2.03 bits per heavy atom. The van der Waals surface area contributed by atoms with Crippen molar-refractivity contribution in [3.63, 3.8) is 0 Å². The predicted molar refractivity (Wildman–Crippen MR) is 132 cm³/mol. The molecule has 0 bridgehead atoms. The zero-order chi connectivity index (χ0) is 24.3. The average molecular weight is 508 g/mol. The number of rotatable bonds is 9. The summed E-state index contributed by atoms with van der Waals surface area (Å²) in [6.45, 7) is 8.86. The van der Waals surface area contributed by atoms with Crippen LogP contribution in [0.2, 0.25) is 30.8 Å². The number of hydrogen-bond acceptors (Lipinski definition) is 9. The average Bonchev–Trinajstić information content (AvgIpc) is 3.07. The number of anilines is 2. The molecule has 1 saturated heterocycles. The van der Waals surface area contributed by atoms with Crippen LogP contribution in [0.3, 0.4) is 0 Å². The third-order valence-corrected chi connectivity index (χ3v) is 7.54. The van der Waals surface area contributed by atoms with Crippen LogP contribution in [0.5, 0.6) is 5.88 Å². The Kier molecular flexibility index (Phi) is 7.50. The van der Waals surface area contributed by atoms with E-state index in [2.05, 4.69) is 45.1 Å². The highest BCUT2D eigenvalue weighted by molar-refractivity contribution is 6.76. The van der Waals surface area contributed by atoms with Crippen LogP contribution in [0.4, 0.5) is 11.6 Å². The maximum atomic E-state index is 13.5. The van der Waals surface area contributed by atoms with Crippen LogP contribution in [-0.4, -0.2) is 64.3 Å². The number of nitrogens with zero attached hydrogens (tertiary/aromatic N) is 6. The second kappa shape index (κ2) is 10.4. The van der Waals surface area contributed by atoms with E-state index >= 15 is 0 Å². The number of aromatic nitrogens is 6. The van der Waals surface area contributed by atoms with Gasteiger partial charge < -0.3 is 19.5 Å². The van der Waals surface area contributed by atoms with E-state index in [1.54, 1.807) is 21.4 Å². The lowest BCUT2D eigenvalue weighted by Gasteiger charge is -2.22. The summed E-state index contributed by atoms with van der Waals surface area (Å²) in [5.74, 6) is 0.538. The normalized spacial score (nSPS) is 15.1. The molecule has 0 radical (unpaired) electrons. The van der Waals surface area contributed by atoms with Gasteiger partial charge in [-0.1, -0.05) is 31.2 Å². The molecule has 1 fully saturated rings. The SMILES string of the molecule is COc1nnc(Cl)cc1Nc1ncc2c(n1)n(C1CCOCC1)c(=O)n2COCC[Si](C)(C)C. The lowest BCUT2D eigenvalue weighted by molar-refractivity contribution is 0.0669. The number of halogens is 1. The van der Waals surface area contributed by atoms with Crippen molar-refractivity contribution in [3.05, 3.63) is 27.9 Å². The van der Waals surface area contributed by atoms with Gasteiger partial charge >= 0.3 is 5.69 Å². The summed E-state index contributed by atoms with van der Waals surface area (Å²) < 4.78 is 20.0. The Morgan fingerprint density at radius 3 is 2.74 bits per heavy atom. The van der Waals surface area contributed by atoms with Crippen molar-refractivity contribution in [2.24, 2.45) is 0 Å². The smallest absolute Gasteiger partial charge is 0.332 e. The number of imidazole rings is 1. The van der Waals surface area contributed by atoms with E-state index in [1.807, 2.05) is 0 Å². The summed E-state index contributed by atoms with van der Waals surface area (Å²) in [5, 5.41) is 11.0. The van der Waals surface area contributed by atoms with Crippen molar-refractivity contribution < 1.29 is 14.2 Å². The van der Waals surface area contributed by atoms with E-state index < -0.39 is 8.07 Å². The molecule has 0 atom stereocenters. The van der Waals surface area contributed by atoms with E-state index in [0.717, 1.165) is 18.9 Å². The first-order chi connectivity index (χ1) is 16.3. The topological polar surface area (TPSA) is 118 Å². The number of fused-ring (bicyclic) bond motifs is 1. The second-order valence-corrected chi connectivity index (χ2v) is 15.4. The zero-order valence-corrected chi connectivity index (χ0v) is 21.6. The Balaban J connectivity index is 1.69. The summed E-state index contributed by atoms with van der Waals surface area (Å²) in [6, 6.07) is 2.58. The highest BCUT2D eigenvalue weighted by Gasteiger charge is 2.25. The van der Waals surface area contributed by atoms with Gasteiger partial charge in [-0.3, -0.25) is 9.13 Å². The van der Waals surface area contributed by atoms with Crippen LogP contribution in [0.15, 0.2) is 17.1 Å². The van der Waals surface area contributed by atoms with E-state index in [0.29, 0.717) is 36.7 Å². The third-order valence-electron chi connectivity index (χ3n) is 5.65. The van der Waals surface area contributed by atoms with E-state index in [1.165, 1.54) is 7.11 Å². The zero-order valence-electron chi connectivity index (χ0n) is 19.9. The number of nitrogens with one attached hydrogen (secondary N) is 1. The summed E-state index contributed by atoms with van der Waals surface area (Å²) >= 11 is 5.99. The largest absolute Gasteiger partial charge is 0.478 e. The minimum atomic E-state index is -1.23. The number of ether oxygens (including phenoxy) is 3. The van der Waals surface area contributed by atoms with Gasteiger partial charge in [-0.25, -0.2) is 9.78 Å². The number of methoxy groups -OCH3 is 1. The van der Waals surface area contributed by atoms with E-state index in [-0.39, 0.29) is 35.4 Å². The molecule has 3 aromatic rings. The fourth-order valence-corrected chi connectivity index (χ4v) is 4.67. The molecule has 4 heterocycles. The fourth-order valence-electron chi connectivity index (χ4n) is 3.77. The molecule has 11 nitrogen and oxygen atoms in total. The molecule has 0 saturated carbocycles. The molecular formula is C21H30ClN7O4Si. The number of hydrogen-bond donors (Lipinski definition) is 1. The van der Waals surface area contributed by atoms with Crippen molar-refractivity contribution in [1.29, 1.82) is 0 Å². The van der Waals surface area contributed by atoms with Gasteiger partial charge in [-0.15, -0.1) is 10.2 Å². The molecule has 0 aliphatic carbocycles. The van der Waals surface area contributed by atoms with Crippen molar-refractivity contribution in [2.75, 3.05) is 32.2 Å². The molecule has 13 heteroatoms. The van der Waals surface area contributed by atoms with Crippen LogP contribution in [0.25, 0.3) is 11.2 Å². The predicted octanol–water partition coefficient (Wildman–Crippen LogP) is 3.45. The monoisotopic (exact) mass is 507 g/mol. The fraction of sp³-hybridized carbons (Fsp3) is 0.571. The first-order valence-electron chi connectivity index (χ1n) is 11.2. The maximum Gasteiger partial charge on any atom is 0.332 e. The van der Waals surface area contributed by atoms with Crippen LogP contribution in [0, 0.1) is 0 Å². The standard InChI is InChI=1S/C21H30ClN7O4Si/c1-31-19-15(11-17(22)26-27-19)24-20-23-12-16-18(25-20)29(14-5-7-32-8-6-14)21(30)28(16)13-33-9-10-34(2,3)4/h11-12,14H,5-10,13H2,1-4H3,(H,23,24,25,26). The van der Waals surface area contributed by atoms with Gasteiger partial charge in [0, 0.05) is 40.0 Å². The van der Waals surface area contributed by atoms with Gasteiger partial charge in [0.2, 0.25) is 5.95 Å². The maximum absolute atomic E-state index is 13.5. The molecule has 184 valence electrons. The van der Waals surface area contributed by atoms with Gasteiger partial charge in [-0.05, 0) is 18.9 Å². The Morgan fingerprint density at radius 1 is 1.26 bits per heavy atom. The molecule has 4 rings (SSSR count). The van der Waals surface area contributed by atoms with Gasteiger partial charge in [0.15, 0.2) is 10.8 Å². The van der Waals surface area contributed by atoms with Gasteiger partial charge in [0.1, 0.15) is 17.9 Å². The molecular weight excluding hydrogens is 478 g/mol. The quantitative estimate of drug-likeness (QED) is 0.343. The first-order valence-corrected chi connectivity index (χ1v) is 15.3. The second-order valence-electron chi connectivity index (χ2n) is 9.39. The summed E-state index contributed by atoms with van der Waals surface area (Å²) in [4.78, 5) is 22.6. The summed E-state index contributed by atoms with van der Waals surface area (Å²) in [7, 11) is 0.250. The molecule has 0 amide bonds. The van der Waals surface area contributed by atoms with E-state index in [9.17, 15) is 4.79 Å². The van der Waals surface area contributed by atoms with Gasteiger partial charge in [0.25, 0.3) is 5.88 Å². The Labute approximate surface area is 203 Å². The highest BCUT2D eigenvalue weighted by Crippen LogP contribution is 2.28. The first kappa shape index (κ1) is 24.6. The summed E-state index contributed by atoms with van der Waals surface area (Å²) in [6.07, 6.45) is 3.10. The van der Waals surface area contributed by atoms with Crippen molar-refractivity contribution >= 4 is 42.5 Å².